The van der Waals surface area contributed by atoms with Gasteiger partial charge in [-0.3, -0.25) is 14.4 Å². The average Bonchev–Trinajstić information content (AvgIpc) is 3.01. The van der Waals surface area contributed by atoms with Gasteiger partial charge in [-0.25, -0.2) is 0 Å². The van der Waals surface area contributed by atoms with Gasteiger partial charge in [0.1, 0.15) is 5.75 Å². The van der Waals surface area contributed by atoms with Crippen LogP contribution < -0.4 is 15.4 Å². The van der Waals surface area contributed by atoms with E-state index in [1.165, 1.54) is 30.4 Å². The largest absolute Gasteiger partial charge is 0.493 e. The van der Waals surface area contributed by atoms with Gasteiger partial charge in [-0.05, 0) is 116 Å². The Morgan fingerprint density at radius 2 is 1.46 bits per heavy atom. The van der Waals surface area contributed by atoms with Gasteiger partial charge in [0.05, 0.1) is 6.61 Å². The van der Waals surface area contributed by atoms with Crippen molar-refractivity contribution in [1.29, 1.82) is 0 Å². The zero-order valence-corrected chi connectivity index (χ0v) is 29.4. The monoisotopic (exact) mass is 648 g/mol. The molecule has 0 saturated heterocycles. The second kappa shape index (κ2) is 13.7. The van der Waals surface area contributed by atoms with Crippen molar-refractivity contribution < 1.29 is 19.1 Å². The maximum absolute atomic E-state index is 13.5. The number of hydrogen-bond donors (Lipinski definition) is 2. The minimum absolute atomic E-state index is 0.0292. The molecule has 4 aliphatic carbocycles. The van der Waals surface area contributed by atoms with Crippen molar-refractivity contribution >= 4 is 40.6 Å². The first kappa shape index (κ1) is 34.5. The van der Waals surface area contributed by atoms with Crippen LogP contribution in [0.1, 0.15) is 117 Å². The molecule has 0 aromatic heterocycles. The minimum atomic E-state index is -1.22. The fourth-order valence-corrected chi connectivity index (χ4v) is 8.61. The molecule has 4 saturated carbocycles. The van der Waals surface area contributed by atoms with E-state index < -0.39 is 16.7 Å². The number of ketones is 1. The van der Waals surface area contributed by atoms with Crippen LogP contribution >= 0.6 is 11.6 Å². The van der Waals surface area contributed by atoms with Gasteiger partial charge in [-0.2, -0.15) is 0 Å². The molecule has 4 aliphatic rings. The van der Waals surface area contributed by atoms with Crippen molar-refractivity contribution in [2.45, 2.75) is 122 Å². The van der Waals surface area contributed by atoms with Crippen molar-refractivity contribution in [3.8, 4) is 5.75 Å². The van der Waals surface area contributed by atoms with Crippen molar-refractivity contribution in [3.63, 3.8) is 0 Å². The first-order valence-electron chi connectivity index (χ1n) is 17.4. The molecule has 0 radical (unpaired) electrons. The highest BCUT2D eigenvalue weighted by Gasteiger charge is 2.56. The number of ether oxygens (including phenoxy) is 1. The minimum Gasteiger partial charge on any atom is -0.493 e. The van der Waals surface area contributed by atoms with Gasteiger partial charge in [0.15, 0.2) is 11.2 Å². The second-order valence-electron chi connectivity index (χ2n) is 15.7. The van der Waals surface area contributed by atoms with Crippen LogP contribution in [-0.4, -0.2) is 29.6 Å². The molecular formula is C39H53ClN2O4. The van der Waals surface area contributed by atoms with E-state index in [2.05, 4.69) is 70.4 Å². The zero-order valence-electron chi connectivity index (χ0n) is 28.6. The van der Waals surface area contributed by atoms with E-state index in [1.54, 1.807) is 24.3 Å². The molecule has 250 valence electrons. The molecule has 1 unspecified atom stereocenters. The number of hydrogen-bond acceptors (Lipinski definition) is 4. The summed E-state index contributed by atoms with van der Waals surface area (Å²) in [6.45, 7) is 13.9. The molecule has 1 atom stereocenters. The number of carbonyl (C=O) groups excluding carboxylic acids is 3. The topological polar surface area (TPSA) is 84.5 Å². The predicted molar refractivity (Wildman–Crippen MR) is 187 cm³/mol. The second-order valence-corrected chi connectivity index (χ2v) is 16.1. The third kappa shape index (κ3) is 7.48. The van der Waals surface area contributed by atoms with E-state index in [0.29, 0.717) is 48.6 Å². The van der Waals surface area contributed by atoms with E-state index in [-0.39, 0.29) is 22.5 Å². The number of rotatable bonds is 14. The molecule has 4 fully saturated rings. The third-order valence-electron chi connectivity index (χ3n) is 11.5. The van der Waals surface area contributed by atoms with Crippen LogP contribution in [-0.2, 0) is 25.2 Å². The molecular weight excluding hydrogens is 596 g/mol. The molecule has 6 rings (SSSR count). The van der Waals surface area contributed by atoms with Gasteiger partial charge in [-0.15, -0.1) is 11.6 Å². The maximum Gasteiger partial charge on any atom is 0.250 e. The van der Waals surface area contributed by atoms with Crippen molar-refractivity contribution in [2.24, 2.45) is 23.2 Å². The smallest absolute Gasteiger partial charge is 0.250 e. The van der Waals surface area contributed by atoms with Crippen molar-refractivity contribution in [3.05, 3.63) is 53.6 Å². The number of anilines is 2. The number of amides is 2. The Morgan fingerprint density at radius 1 is 0.870 bits per heavy atom. The van der Waals surface area contributed by atoms with Gasteiger partial charge >= 0.3 is 0 Å². The quantitative estimate of drug-likeness (QED) is 0.122. The Kier molecular flexibility index (Phi) is 10.3. The lowest BCUT2D eigenvalue weighted by Gasteiger charge is -2.56. The van der Waals surface area contributed by atoms with Crippen LogP contribution in [0.25, 0.3) is 0 Å². The van der Waals surface area contributed by atoms with Crippen LogP contribution in [0, 0.1) is 23.2 Å². The molecule has 0 spiro atoms. The summed E-state index contributed by atoms with van der Waals surface area (Å²) in [6, 6.07) is 13.5. The molecule has 6 nitrogen and oxygen atoms in total. The summed E-state index contributed by atoms with van der Waals surface area (Å²) in [5.41, 5.74) is 3.22. The molecule has 0 aliphatic heterocycles. The average molecular weight is 649 g/mol. The first-order valence-corrected chi connectivity index (χ1v) is 17.9. The molecule has 7 heteroatoms. The van der Waals surface area contributed by atoms with E-state index in [1.807, 2.05) is 0 Å². The molecule has 2 N–H and O–H groups in total. The van der Waals surface area contributed by atoms with Gasteiger partial charge in [0.2, 0.25) is 11.8 Å². The number of benzene rings is 2. The molecule has 46 heavy (non-hydrogen) atoms. The Morgan fingerprint density at radius 3 is 2.04 bits per heavy atom. The van der Waals surface area contributed by atoms with E-state index in [9.17, 15) is 14.4 Å². The highest BCUT2D eigenvalue weighted by atomic mass is 35.5. The van der Waals surface area contributed by atoms with Crippen LogP contribution in [0.3, 0.4) is 0 Å². The van der Waals surface area contributed by atoms with Crippen LogP contribution in [0.2, 0.25) is 0 Å². The number of nitrogens with one attached hydrogen (secondary N) is 2. The Labute approximate surface area is 280 Å². The summed E-state index contributed by atoms with van der Waals surface area (Å²) in [5, 5.41) is 4.52. The summed E-state index contributed by atoms with van der Waals surface area (Å²) in [5.74, 6) is 1.95. The standard InChI is InChI=1S/C39H53ClN2O4/c1-7-37(3,4)28-14-15-32(31(20-28)38(5,6)8-2)46-16-10-13-33(43)41-29-11-9-12-30(21-29)42-36(45)34(40)35(44)39-22-25-17-26(23-39)19-27(18-25)24-39/h9,11-12,14-15,20-21,25-27,34H,7-8,10,13,16-19,22-24H2,1-6H3,(H,41,43)(H,42,45). The number of alkyl halides is 1. The summed E-state index contributed by atoms with van der Waals surface area (Å²) in [4.78, 5) is 39.4. The lowest BCUT2D eigenvalue weighted by molar-refractivity contribution is -0.145. The summed E-state index contributed by atoms with van der Waals surface area (Å²) in [7, 11) is 0. The van der Waals surface area contributed by atoms with E-state index in [0.717, 1.165) is 37.9 Å². The number of Topliss-reactive ketones (excluding diaryl/α,β-unsaturated/α-hetero) is 1. The van der Waals surface area contributed by atoms with Crippen LogP contribution in [0.15, 0.2) is 42.5 Å². The summed E-state index contributed by atoms with van der Waals surface area (Å²) in [6.07, 6.45) is 9.21. The van der Waals surface area contributed by atoms with E-state index in [4.69, 9.17) is 16.3 Å². The summed E-state index contributed by atoms with van der Waals surface area (Å²) >= 11 is 6.54. The van der Waals surface area contributed by atoms with E-state index >= 15 is 0 Å². The molecule has 4 bridgehead atoms. The Hall–Kier alpha value is -2.86. The van der Waals surface area contributed by atoms with Crippen molar-refractivity contribution in [1.82, 2.24) is 0 Å². The highest BCUT2D eigenvalue weighted by molar-refractivity contribution is 6.44. The molecule has 0 heterocycles. The lowest BCUT2D eigenvalue weighted by Crippen LogP contribution is -2.53. The number of halogens is 1. The Balaban J connectivity index is 1.12. The molecule has 2 amide bonds. The van der Waals surface area contributed by atoms with Crippen LogP contribution in [0.5, 0.6) is 5.75 Å². The fraction of sp³-hybridized carbons (Fsp3) is 0.615. The van der Waals surface area contributed by atoms with Gasteiger partial charge in [0, 0.05) is 28.8 Å². The fourth-order valence-electron chi connectivity index (χ4n) is 8.32. The SMILES string of the molecule is CCC(C)(C)c1ccc(OCCCC(=O)Nc2cccc(NC(=O)C(Cl)C(=O)C34CC5CC(CC(C5)C3)C4)c2)c(C(C)(C)CC)c1. The highest BCUT2D eigenvalue weighted by Crippen LogP contribution is 2.60. The van der Waals surface area contributed by atoms with Crippen LogP contribution in [0.4, 0.5) is 11.4 Å². The molecule has 2 aromatic rings. The van der Waals surface area contributed by atoms with Gasteiger partial charge in [0.25, 0.3) is 0 Å². The van der Waals surface area contributed by atoms with Gasteiger partial charge in [-0.1, -0.05) is 59.7 Å². The van der Waals surface area contributed by atoms with Gasteiger partial charge < -0.3 is 15.4 Å². The first-order chi connectivity index (χ1) is 21.7. The normalized spacial score (nSPS) is 24.4. The summed E-state index contributed by atoms with van der Waals surface area (Å²) < 4.78 is 6.24. The van der Waals surface area contributed by atoms with Crippen molar-refractivity contribution in [2.75, 3.05) is 17.2 Å². The Bertz CT molecular complexity index is 1410. The molecule has 2 aromatic carbocycles. The maximum atomic E-state index is 13.5. The number of carbonyl (C=O) groups is 3. The predicted octanol–water partition coefficient (Wildman–Crippen LogP) is 9.19. The zero-order chi connectivity index (χ0) is 33.3. The third-order valence-corrected chi connectivity index (χ3v) is 11.9. The lowest BCUT2D eigenvalue weighted by atomic mass is 9.48.